The topological polar surface area (TPSA) is 47.6 Å². The van der Waals surface area contributed by atoms with Crippen molar-refractivity contribution in [3.63, 3.8) is 0 Å². The first-order valence-corrected chi connectivity index (χ1v) is 11.0. The first-order valence-electron chi connectivity index (χ1n) is 9.36. The Morgan fingerprint density at radius 2 is 1.27 bits per heavy atom. The van der Waals surface area contributed by atoms with Gasteiger partial charge in [-0.15, -0.1) is 0 Å². The second-order valence-corrected chi connectivity index (χ2v) is 9.10. The first kappa shape index (κ1) is 27.1. The second kappa shape index (κ2) is 10.8. The Balaban J connectivity index is 2.50. The minimum absolute atomic E-state index is 0.0183. The third-order valence-corrected chi connectivity index (χ3v) is 6.42. The van der Waals surface area contributed by atoms with Gasteiger partial charge in [-0.05, 0) is 24.1 Å². The molecule has 0 aliphatic carbocycles. The number of anilines is 1. The monoisotopic (exact) mass is 505 g/mol. The van der Waals surface area contributed by atoms with Crippen molar-refractivity contribution in [1.29, 1.82) is 0 Å². The number of hydrogen-bond donors (Lipinski definition) is 1. The molecule has 0 fully saturated rings. The van der Waals surface area contributed by atoms with Crippen LogP contribution in [0.1, 0.15) is 16.9 Å². The predicted molar refractivity (Wildman–Crippen MR) is 105 cm³/mol. The van der Waals surface area contributed by atoms with E-state index in [1.54, 1.807) is 25.1 Å². The smallest absolute Gasteiger partial charge is 0.357 e. The van der Waals surface area contributed by atoms with Crippen LogP contribution in [0, 0.1) is 6.92 Å². The molecular formula is C20H20F8NO3P. The summed E-state index contributed by atoms with van der Waals surface area (Å²) in [6, 6.07) is 13.2. The van der Waals surface area contributed by atoms with E-state index in [9.17, 15) is 39.7 Å². The van der Waals surface area contributed by atoms with Crippen molar-refractivity contribution < 1.29 is 48.7 Å². The van der Waals surface area contributed by atoms with E-state index in [4.69, 9.17) is 0 Å². The highest BCUT2D eigenvalue weighted by Crippen LogP contribution is 2.62. The summed E-state index contributed by atoms with van der Waals surface area (Å²) in [6.07, 6.45) is -8.46. The summed E-state index contributed by atoms with van der Waals surface area (Å²) in [4.78, 5) is 0. The van der Waals surface area contributed by atoms with Crippen LogP contribution in [0.3, 0.4) is 0 Å². The molecule has 2 aromatic rings. The van der Waals surface area contributed by atoms with E-state index in [2.05, 4.69) is 14.4 Å². The van der Waals surface area contributed by atoms with E-state index >= 15 is 0 Å². The number of halogens is 8. The highest BCUT2D eigenvalue weighted by Gasteiger charge is 2.49. The zero-order chi connectivity index (χ0) is 24.9. The summed E-state index contributed by atoms with van der Waals surface area (Å²) in [5.41, 5.74) is 0.811. The average molecular weight is 505 g/mol. The van der Waals surface area contributed by atoms with Gasteiger partial charge >= 0.3 is 32.3 Å². The van der Waals surface area contributed by atoms with Crippen LogP contribution in [0.25, 0.3) is 0 Å². The zero-order valence-corrected chi connectivity index (χ0v) is 17.9. The Hall–Kier alpha value is -2.17. The molecule has 0 amide bonds. The molecule has 0 aliphatic rings. The molecule has 0 saturated carbocycles. The van der Waals surface area contributed by atoms with Crippen LogP contribution in [0.2, 0.25) is 0 Å². The molecule has 1 N–H and O–H groups in total. The molecule has 0 heterocycles. The van der Waals surface area contributed by atoms with Gasteiger partial charge in [-0.25, -0.2) is 17.6 Å². The minimum Gasteiger partial charge on any atom is -0.368 e. The van der Waals surface area contributed by atoms with Gasteiger partial charge in [-0.1, -0.05) is 48.5 Å². The Kier molecular flexibility index (Phi) is 8.89. The lowest BCUT2D eigenvalue weighted by atomic mass is 10.2. The SMILES string of the molecule is Cc1ccccc1NC(c1ccccc1)P(=O)(OCC(F)(F)C(F)F)OCC(F)(F)C(F)F. The molecule has 4 nitrogen and oxygen atoms in total. The van der Waals surface area contributed by atoms with Crippen LogP contribution in [0.5, 0.6) is 0 Å². The minimum atomic E-state index is -5.25. The summed E-state index contributed by atoms with van der Waals surface area (Å²) in [6.45, 7) is -2.73. The third kappa shape index (κ3) is 7.15. The van der Waals surface area contributed by atoms with Crippen LogP contribution >= 0.6 is 7.60 Å². The number of aryl methyl sites for hydroxylation is 1. The van der Waals surface area contributed by atoms with Gasteiger partial charge < -0.3 is 14.4 Å². The molecule has 2 rings (SSSR count). The van der Waals surface area contributed by atoms with Crippen molar-refractivity contribution in [3.05, 3.63) is 65.7 Å². The molecule has 1 atom stereocenters. The summed E-state index contributed by atoms with van der Waals surface area (Å²) in [5.74, 6) is -11.4. The normalized spacial score (nSPS) is 14.0. The molecule has 2 aromatic carbocycles. The Morgan fingerprint density at radius 3 is 1.73 bits per heavy atom. The predicted octanol–water partition coefficient (Wildman–Crippen LogP) is 7.13. The number of benzene rings is 2. The number of hydrogen-bond acceptors (Lipinski definition) is 4. The number of rotatable bonds is 12. The van der Waals surface area contributed by atoms with Crippen LogP contribution in [0.15, 0.2) is 54.6 Å². The summed E-state index contributed by atoms with van der Waals surface area (Å²) in [5, 5.41) is 2.66. The van der Waals surface area contributed by atoms with Crippen molar-refractivity contribution >= 4 is 13.3 Å². The van der Waals surface area contributed by atoms with E-state index in [0.29, 0.717) is 5.56 Å². The van der Waals surface area contributed by atoms with Crippen molar-refractivity contribution in [2.45, 2.75) is 37.4 Å². The molecular weight excluding hydrogens is 485 g/mol. The maximum absolute atomic E-state index is 13.5. The maximum atomic E-state index is 13.5. The summed E-state index contributed by atoms with van der Waals surface area (Å²) < 4.78 is 127. The van der Waals surface area contributed by atoms with Gasteiger partial charge in [0.05, 0.1) is 0 Å². The maximum Gasteiger partial charge on any atom is 0.357 e. The second-order valence-electron chi connectivity index (χ2n) is 6.98. The lowest BCUT2D eigenvalue weighted by Crippen LogP contribution is -2.35. The first-order chi connectivity index (χ1) is 15.3. The fraction of sp³-hybridized carbons (Fsp3) is 0.400. The summed E-state index contributed by atoms with van der Waals surface area (Å²) in [7, 11) is -5.25. The van der Waals surface area contributed by atoms with E-state index < -0.39 is 51.3 Å². The van der Waals surface area contributed by atoms with Crippen molar-refractivity contribution in [3.8, 4) is 0 Å². The molecule has 184 valence electrons. The standard InChI is InChI=1S/C20H20F8NO3P/c1-13-7-5-6-10-15(13)29-16(14-8-3-2-4-9-14)33(30,31-11-19(25,26)17(21)22)32-12-20(27,28)18(23)24/h2-10,16-18,29H,11-12H2,1H3. The number of para-hydroxylation sites is 1. The largest absolute Gasteiger partial charge is 0.368 e. The fourth-order valence-corrected chi connectivity index (χ4v) is 4.44. The zero-order valence-electron chi connectivity index (χ0n) is 17.0. The van der Waals surface area contributed by atoms with Gasteiger partial charge in [0, 0.05) is 5.69 Å². The average Bonchev–Trinajstić information content (AvgIpc) is 2.76. The Morgan fingerprint density at radius 1 is 0.818 bits per heavy atom. The number of nitrogens with one attached hydrogen (secondary N) is 1. The molecule has 33 heavy (non-hydrogen) atoms. The van der Waals surface area contributed by atoms with Gasteiger partial charge in [0.2, 0.25) is 0 Å². The lowest BCUT2D eigenvalue weighted by Gasteiger charge is -2.31. The number of alkyl halides is 8. The van der Waals surface area contributed by atoms with Gasteiger partial charge in [0.15, 0.2) is 5.78 Å². The van der Waals surface area contributed by atoms with E-state index in [1.165, 1.54) is 36.4 Å². The van der Waals surface area contributed by atoms with Crippen LogP contribution < -0.4 is 5.32 Å². The lowest BCUT2D eigenvalue weighted by molar-refractivity contribution is -0.158. The molecule has 0 saturated heterocycles. The third-order valence-electron chi connectivity index (χ3n) is 4.38. The van der Waals surface area contributed by atoms with Crippen molar-refractivity contribution in [1.82, 2.24) is 0 Å². The molecule has 0 spiro atoms. The van der Waals surface area contributed by atoms with E-state index in [1.807, 2.05) is 0 Å². The molecule has 0 radical (unpaired) electrons. The van der Waals surface area contributed by atoms with Crippen molar-refractivity contribution in [2.75, 3.05) is 18.5 Å². The van der Waals surface area contributed by atoms with Crippen LogP contribution in [-0.4, -0.2) is 37.9 Å². The van der Waals surface area contributed by atoms with Gasteiger partial charge in [0.25, 0.3) is 0 Å². The molecule has 0 aliphatic heterocycles. The quantitative estimate of drug-likeness (QED) is 0.246. The van der Waals surface area contributed by atoms with Crippen LogP contribution in [-0.2, 0) is 13.6 Å². The Labute approximate surface area is 184 Å². The summed E-state index contributed by atoms with van der Waals surface area (Å²) >= 11 is 0. The van der Waals surface area contributed by atoms with Crippen molar-refractivity contribution in [2.24, 2.45) is 0 Å². The van der Waals surface area contributed by atoms with Gasteiger partial charge in [-0.3, -0.25) is 4.57 Å². The van der Waals surface area contributed by atoms with Crippen LogP contribution in [0.4, 0.5) is 40.8 Å². The van der Waals surface area contributed by atoms with E-state index in [-0.39, 0.29) is 11.3 Å². The fourth-order valence-electron chi connectivity index (χ4n) is 2.53. The Bertz CT molecular complexity index is 918. The molecule has 0 aromatic heterocycles. The molecule has 0 bridgehead atoms. The highest BCUT2D eigenvalue weighted by atomic mass is 31.2. The van der Waals surface area contributed by atoms with Gasteiger partial charge in [0.1, 0.15) is 13.2 Å². The molecule has 1 unspecified atom stereocenters. The van der Waals surface area contributed by atoms with Gasteiger partial charge in [-0.2, -0.15) is 17.6 Å². The van der Waals surface area contributed by atoms with E-state index in [0.717, 1.165) is 0 Å². The molecule has 13 heteroatoms. The highest BCUT2D eigenvalue weighted by molar-refractivity contribution is 7.54.